The van der Waals surface area contributed by atoms with E-state index in [-0.39, 0.29) is 42.7 Å². The van der Waals surface area contributed by atoms with Gasteiger partial charge in [0.2, 0.25) is 0 Å². The Hall–Kier alpha value is -4.15. The largest absolute Gasteiger partial charge is 0.469 e. The molecular weight excluding hydrogens is 616 g/mol. The van der Waals surface area contributed by atoms with Gasteiger partial charge in [-0.3, -0.25) is 14.4 Å². The van der Waals surface area contributed by atoms with E-state index in [1.807, 2.05) is 52.0 Å². The van der Waals surface area contributed by atoms with E-state index in [1.165, 1.54) is 19.2 Å². The molecule has 0 saturated carbocycles. The second-order valence-corrected chi connectivity index (χ2v) is 12.4. The minimum Gasteiger partial charge on any atom is -0.469 e. The van der Waals surface area contributed by atoms with E-state index in [0.717, 1.165) is 35.6 Å². The lowest BCUT2D eigenvalue weighted by atomic mass is 9.99. The number of amides is 2. The van der Waals surface area contributed by atoms with Gasteiger partial charge in [0.05, 0.1) is 25.2 Å². The Morgan fingerprint density at radius 2 is 1.54 bits per heavy atom. The van der Waals surface area contributed by atoms with Gasteiger partial charge in [-0.15, -0.1) is 0 Å². The first kappa shape index (κ1) is 38.3. The summed E-state index contributed by atoms with van der Waals surface area (Å²) in [5, 5.41) is 17.4. The molecule has 0 saturated heterocycles. The molecule has 0 radical (unpaired) electrons. The van der Waals surface area contributed by atoms with Gasteiger partial charge < -0.3 is 25.4 Å². The fourth-order valence-electron chi connectivity index (χ4n) is 5.78. The van der Waals surface area contributed by atoms with Crippen LogP contribution in [0.5, 0.6) is 0 Å². The molecule has 0 fully saturated rings. The summed E-state index contributed by atoms with van der Waals surface area (Å²) < 4.78 is 32.6. The average Bonchev–Trinajstić information content (AvgIpc) is 3.05. The van der Waals surface area contributed by atoms with Crippen LogP contribution >= 0.6 is 0 Å². The lowest BCUT2D eigenvalue weighted by Crippen LogP contribution is -2.47. The highest BCUT2D eigenvalue weighted by Crippen LogP contribution is 2.17. The monoisotopic (exact) mass is 665 g/mol. The molecule has 0 bridgehead atoms. The van der Waals surface area contributed by atoms with Crippen molar-refractivity contribution in [2.45, 2.75) is 78.5 Å². The molecule has 3 rings (SSSR count). The van der Waals surface area contributed by atoms with Crippen molar-refractivity contribution in [2.24, 2.45) is 5.92 Å². The van der Waals surface area contributed by atoms with Crippen LogP contribution in [-0.4, -0.2) is 66.7 Å². The topological polar surface area (TPSA) is 108 Å². The van der Waals surface area contributed by atoms with Gasteiger partial charge in [0, 0.05) is 43.4 Å². The minimum absolute atomic E-state index is 0.117. The predicted molar refractivity (Wildman–Crippen MR) is 183 cm³/mol. The van der Waals surface area contributed by atoms with Gasteiger partial charge in [-0.2, -0.15) is 0 Å². The summed E-state index contributed by atoms with van der Waals surface area (Å²) in [6.07, 6.45) is 1.51. The third-order valence-electron chi connectivity index (χ3n) is 8.13. The second-order valence-electron chi connectivity index (χ2n) is 12.4. The first-order valence-electron chi connectivity index (χ1n) is 16.6. The van der Waals surface area contributed by atoms with Gasteiger partial charge in [-0.1, -0.05) is 45.0 Å². The van der Waals surface area contributed by atoms with E-state index in [2.05, 4.69) is 10.6 Å². The Morgan fingerprint density at radius 3 is 2.19 bits per heavy atom. The van der Waals surface area contributed by atoms with Crippen molar-refractivity contribution in [1.82, 2.24) is 15.5 Å². The highest BCUT2D eigenvalue weighted by Gasteiger charge is 2.24. The maximum Gasteiger partial charge on any atom is 0.308 e. The van der Waals surface area contributed by atoms with Crippen LogP contribution in [0.2, 0.25) is 0 Å². The Bertz CT molecular complexity index is 1510. The van der Waals surface area contributed by atoms with Crippen LogP contribution in [0.1, 0.15) is 83.0 Å². The molecular formula is C38H49F2N3O5. The van der Waals surface area contributed by atoms with Gasteiger partial charge in [-0.25, -0.2) is 8.78 Å². The Balaban J connectivity index is 1.75. The smallest absolute Gasteiger partial charge is 0.308 e. The number of hydrogen-bond donors (Lipinski definition) is 3. The van der Waals surface area contributed by atoms with E-state index in [1.54, 1.807) is 23.1 Å². The summed E-state index contributed by atoms with van der Waals surface area (Å²) in [6.45, 7) is 9.40. The summed E-state index contributed by atoms with van der Waals surface area (Å²) in [4.78, 5) is 40.5. The number of carbonyl (C=O) groups is 3. The highest BCUT2D eigenvalue weighted by atomic mass is 19.1. The maximum absolute atomic E-state index is 13.9. The number of nitrogens with one attached hydrogen (secondary N) is 2. The SMILES string of the molecule is CCCN(CCC)C(=O)c1cc(C)cc(C(=O)N[C@@H](CCc2cc(F)cc(F)c2)[C@H](O)CNCc2cccc(C[C@H](C)C(=O)OC)c2)c1. The average molecular weight is 666 g/mol. The van der Waals surface area contributed by atoms with Crippen LogP contribution < -0.4 is 10.6 Å². The zero-order valence-corrected chi connectivity index (χ0v) is 28.7. The van der Waals surface area contributed by atoms with Crippen LogP contribution in [0.15, 0.2) is 60.7 Å². The molecule has 0 aliphatic heterocycles. The maximum atomic E-state index is 13.9. The number of methoxy groups -OCH3 is 1. The van der Waals surface area contributed by atoms with Crippen LogP contribution in [0.3, 0.4) is 0 Å². The van der Waals surface area contributed by atoms with E-state index in [4.69, 9.17) is 4.74 Å². The van der Waals surface area contributed by atoms with Crippen molar-refractivity contribution in [2.75, 3.05) is 26.7 Å². The fraction of sp³-hybridized carbons (Fsp3) is 0.447. The predicted octanol–water partition coefficient (Wildman–Crippen LogP) is 5.77. The summed E-state index contributed by atoms with van der Waals surface area (Å²) in [5.74, 6) is -2.58. The standard InChI is InChI=1S/C38H49F2N3O5/c1-6-13-43(14-7-2)37(46)31-16-25(3)15-30(21-31)36(45)42-34(12-11-28-19-32(39)22-33(40)20-28)35(44)24-41-23-29-10-8-9-27(18-29)17-26(4)38(47)48-5/h8-10,15-16,18-22,26,34-35,41,44H,6-7,11-14,17,23-24H2,1-5H3,(H,42,45)/t26-,34-,35+/m0/s1. The third-order valence-corrected chi connectivity index (χ3v) is 8.13. The summed E-state index contributed by atoms with van der Waals surface area (Å²) in [7, 11) is 1.37. The molecule has 0 unspecified atom stereocenters. The van der Waals surface area contributed by atoms with Crippen molar-refractivity contribution in [3.63, 3.8) is 0 Å². The number of aliphatic hydroxyl groups excluding tert-OH is 1. The molecule has 48 heavy (non-hydrogen) atoms. The Labute approximate surface area is 282 Å². The summed E-state index contributed by atoms with van der Waals surface area (Å²) in [6, 6.07) is 15.3. The van der Waals surface area contributed by atoms with Crippen LogP contribution in [0.4, 0.5) is 8.78 Å². The number of nitrogens with zero attached hydrogens (tertiary/aromatic N) is 1. The van der Waals surface area contributed by atoms with Crippen LogP contribution in [0, 0.1) is 24.5 Å². The number of rotatable bonds is 18. The number of aliphatic hydroxyl groups is 1. The van der Waals surface area contributed by atoms with Crippen LogP contribution in [0.25, 0.3) is 0 Å². The van der Waals surface area contributed by atoms with Crippen LogP contribution in [-0.2, 0) is 28.9 Å². The van der Waals surface area contributed by atoms with Gasteiger partial charge in [0.25, 0.3) is 11.8 Å². The van der Waals surface area contributed by atoms with Gasteiger partial charge in [-0.05, 0) is 91.6 Å². The normalized spacial score (nSPS) is 13.0. The Morgan fingerprint density at radius 1 is 0.896 bits per heavy atom. The van der Waals surface area contributed by atoms with Gasteiger partial charge in [0.1, 0.15) is 11.6 Å². The first-order valence-corrected chi connectivity index (χ1v) is 16.6. The van der Waals surface area contributed by atoms with Crippen molar-refractivity contribution >= 4 is 17.8 Å². The van der Waals surface area contributed by atoms with Gasteiger partial charge >= 0.3 is 5.97 Å². The first-order chi connectivity index (χ1) is 22.9. The molecule has 3 aromatic carbocycles. The minimum atomic E-state index is -1.05. The molecule has 3 N–H and O–H groups in total. The number of halogens is 2. The molecule has 3 aromatic rings. The van der Waals surface area contributed by atoms with Gasteiger partial charge in [0.15, 0.2) is 0 Å². The molecule has 0 spiro atoms. The van der Waals surface area contributed by atoms with E-state index < -0.39 is 29.7 Å². The molecule has 10 heteroatoms. The number of esters is 1. The molecule has 0 aliphatic carbocycles. The number of aryl methyl sites for hydroxylation is 2. The number of carbonyl (C=O) groups excluding carboxylic acids is 3. The molecule has 2 amide bonds. The highest BCUT2D eigenvalue weighted by molar-refractivity contribution is 6.00. The fourth-order valence-corrected chi connectivity index (χ4v) is 5.78. The summed E-state index contributed by atoms with van der Waals surface area (Å²) in [5.41, 5.74) is 3.77. The van der Waals surface area contributed by atoms with Crippen molar-refractivity contribution in [1.29, 1.82) is 0 Å². The van der Waals surface area contributed by atoms with E-state index in [0.29, 0.717) is 37.2 Å². The Kier molecular flexibility index (Phi) is 15.2. The number of benzene rings is 3. The third kappa shape index (κ3) is 11.8. The molecule has 260 valence electrons. The number of ether oxygens (including phenoxy) is 1. The van der Waals surface area contributed by atoms with Crippen molar-refractivity contribution < 1.29 is 33.0 Å². The molecule has 0 aliphatic rings. The lowest BCUT2D eigenvalue weighted by Gasteiger charge is -2.25. The van der Waals surface area contributed by atoms with Crippen molar-refractivity contribution in [3.05, 3.63) is 106 Å². The molecule has 3 atom stereocenters. The quantitative estimate of drug-likeness (QED) is 0.149. The lowest BCUT2D eigenvalue weighted by molar-refractivity contribution is -0.144. The molecule has 8 nitrogen and oxygen atoms in total. The zero-order valence-electron chi connectivity index (χ0n) is 28.7. The van der Waals surface area contributed by atoms with E-state index >= 15 is 0 Å². The van der Waals surface area contributed by atoms with Crippen molar-refractivity contribution in [3.8, 4) is 0 Å². The second kappa shape index (κ2) is 19.0. The zero-order chi connectivity index (χ0) is 35.2. The molecule has 0 aromatic heterocycles. The van der Waals surface area contributed by atoms with E-state index in [9.17, 15) is 28.3 Å². The summed E-state index contributed by atoms with van der Waals surface area (Å²) >= 11 is 0. The molecule has 0 heterocycles. The number of hydrogen-bond acceptors (Lipinski definition) is 6.